The number of aliphatic hydroxyl groups is 2. The molecule has 0 bridgehead atoms. The maximum atomic E-state index is 11.9. The summed E-state index contributed by atoms with van der Waals surface area (Å²) in [5, 5.41) is 20.6. The molecule has 0 aromatic heterocycles. The van der Waals surface area contributed by atoms with Crippen molar-refractivity contribution in [3.05, 3.63) is 36.0 Å². The van der Waals surface area contributed by atoms with Crippen LogP contribution in [0.1, 0.15) is 39.5 Å². The van der Waals surface area contributed by atoms with Crippen molar-refractivity contribution in [3.8, 4) is 0 Å². The summed E-state index contributed by atoms with van der Waals surface area (Å²) in [6, 6.07) is 0. The third kappa shape index (κ3) is 2.96. The molecule has 5 heteroatoms. The average Bonchev–Trinajstić information content (AvgIpc) is 2.98. The minimum absolute atomic E-state index is 0.0235. The van der Waals surface area contributed by atoms with E-state index in [4.69, 9.17) is 9.47 Å². The van der Waals surface area contributed by atoms with Gasteiger partial charge in [0.2, 0.25) is 6.29 Å². The van der Waals surface area contributed by atoms with Gasteiger partial charge in [-0.2, -0.15) is 0 Å². The van der Waals surface area contributed by atoms with Crippen molar-refractivity contribution in [2.24, 2.45) is 22.7 Å². The Bertz CT molecular complexity index is 651. The molecule has 2 fully saturated rings. The van der Waals surface area contributed by atoms with Gasteiger partial charge in [0.05, 0.1) is 18.3 Å². The Morgan fingerprint density at radius 3 is 2.77 bits per heavy atom. The Labute approximate surface area is 155 Å². The van der Waals surface area contributed by atoms with Crippen LogP contribution in [-0.4, -0.2) is 42.3 Å². The van der Waals surface area contributed by atoms with E-state index in [0.29, 0.717) is 12.0 Å². The molecule has 2 N–H and O–H groups in total. The van der Waals surface area contributed by atoms with E-state index in [2.05, 4.69) is 19.6 Å². The van der Waals surface area contributed by atoms with E-state index in [-0.39, 0.29) is 29.8 Å². The molecule has 3 rings (SSSR count). The molecule has 2 aliphatic carbocycles. The lowest BCUT2D eigenvalue weighted by Gasteiger charge is -2.59. The van der Waals surface area contributed by atoms with Gasteiger partial charge in [-0.1, -0.05) is 38.2 Å². The van der Waals surface area contributed by atoms with Gasteiger partial charge < -0.3 is 19.7 Å². The van der Waals surface area contributed by atoms with Crippen molar-refractivity contribution >= 4 is 5.97 Å². The Hall–Kier alpha value is -1.43. The summed E-state index contributed by atoms with van der Waals surface area (Å²) >= 11 is 0. The first kappa shape index (κ1) is 19.3. The van der Waals surface area contributed by atoms with Crippen molar-refractivity contribution in [3.63, 3.8) is 0 Å². The number of allylic oxidation sites excluding steroid dienone is 2. The molecule has 0 aromatic rings. The molecule has 144 valence electrons. The van der Waals surface area contributed by atoms with Gasteiger partial charge in [-0.05, 0) is 43.1 Å². The number of methoxy groups -OCH3 is 1. The molecule has 0 amide bonds. The Balaban J connectivity index is 1.90. The van der Waals surface area contributed by atoms with Gasteiger partial charge in [-0.15, -0.1) is 0 Å². The van der Waals surface area contributed by atoms with Crippen LogP contribution in [0.25, 0.3) is 0 Å². The van der Waals surface area contributed by atoms with E-state index < -0.39 is 17.8 Å². The largest absolute Gasteiger partial charge is 0.428 e. The first-order valence-electron chi connectivity index (χ1n) is 9.36. The second-order valence-electron chi connectivity index (χ2n) is 8.44. The average molecular weight is 362 g/mol. The minimum atomic E-state index is -0.623. The highest BCUT2D eigenvalue weighted by Crippen LogP contribution is 2.61. The number of esters is 1. The van der Waals surface area contributed by atoms with Gasteiger partial charge in [0.25, 0.3) is 0 Å². The van der Waals surface area contributed by atoms with E-state index >= 15 is 0 Å². The number of rotatable bonds is 4. The van der Waals surface area contributed by atoms with Gasteiger partial charge >= 0.3 is 5.97 Å². The smallest absolute Gasteiger partial charge is 0.340 e. The molecule has 5 nitrogen and oxygen atoms in total. The first-order chi connectivity index (χ1) is 12.3. The number of aliphatic hydroxyl groups excluding tert-OH is 2. The monoisotopic (exact) mass is 362 g/mol. The summed E-state index contributed by atoms with van der Waals surface area (Å²) in [6.07, 6.45) is 7.74. The molecule has 1 heterocycles. The van der Waals surface area contributed by atoms with Gasteiger partial charge in [0.15, 0.2) is 0 Å². The molecule has 3 aliphatic rings. The van der Waals surface area contributed by atoms with Gasteiger partial charge in [0, 0.05) is 18.4 Å². The molecule has 0 aromatic carbocycles. The number of fused-ring (bicyclic) bond motifs is 1. The molecular weight excluding hydrogens is 332 g/mol. The highest BCUT2D eigenvalue weighted by atomic mass is 16.7. The third-order valence-electron chi connectivity index (χ3n) is 7.03. The topological polar surface area (TPSA) is 76.0 Å². The number of hydrogen-bond donors (Lipinski definition) is 2. The molecule has 26 heavy (non-hydrogen) atoms. The van der Waals surface area contributed by atoms with Crippen molar-refractivity contribution in [2.45, 2.75) is 51.9 Å². The lowest BCUT2D eigenvalue weighted by Crippen LogP contribution is -2.57. The summed E-state index contributed by atoms with van der Waals surface area (Å²) in [5.41, 5.74) is 1.03. The van der Waals surface area contributed by atoms with Crippen LogP contribution in [-0.2, 0) is 14.3 Å². The molecule has 1 aliphatic heterocycles. The maximum absolute atomic E-state index is 11.9. The fourth-order valence-corrected chi connectivity index (χ4v) is 5.35. The summed E-state index contributed by atoms with van der Waals surface area (Å²) in [4.78, 5) is 11.9. The van der Waals surface area contributed by atoms with E-state index in [0.717, 1.165) is 24.8 Å². The zero-order chi connectivity index (χ0) is 19.1. The molecule has 0 saturated heterocycles. The Morgan fingerprint density at radius 1 is 1.42 bits per heavy atom. The molecule has 6 atom stereocenters. The van der Waals surface area contributed by atoms with Crippen LogP contribution in [0.2, 0.25) is 0 Å². The number of hydrogen-bond acceptors (Lipinski definition) is 5. The lowest BCUT2D eigenvalue weighted by molar-refractivity contribution is -0.154. The zero-order valence-electron chi connectivity index (χ0n) is 15.9. The van der Waals surface area contributed by atoms with Crippen LogP contribution in [0.3, 0.4) is 0 Å². The number of carbonyl (C=O) groups excluding carboxylic acids is 1. The predicted octanol–water partition coefficient (Wildman–Crippen LogP) is 2.74. The first-order valence-corrected chi connectivity index (χ1v) is 9.36. The molecule has 0 unspecified atom stereocenters. The fourth-order valence-electron chi connectivity index (χ4n) is 5.35. The third-order valence-corrected chi connectivity index (χ3v) is 7.03. The highest BCUT2D eigenvalue weighted by molar-refractivity contribution is 5.93. The van der Waals surface area contributed by atoms with Crippen LogP contribution >= 0.6 is 0 Å². The molecule has 0 spiro atoms. The Morgan fingerprint density at radius 2 is 2.15 bits per heavy atom. The van der Waals surface area contributed by atoms with Crippen LogP contribution in [0.5, 0.6) is 0 Å². The van der Waals surface area contributed by atoms with Gasteiger partial charge in [0.1, 0.15) is 0 Å². The van der Waals surface area contributed by atoms with Gasteiger partial charge in [-0.3, -0.25) is 0 Å². The zero-order valence-corrected chi connectivity index (χ0v) is 15.9. The number of carbonyl (C=O) groups is 1. The highest BCUT2D eigenvalue weighted by Gasteiger charge is 2.57. The molecular formula is C21H30O5. The number of cyclic esters (lactones) is 1. The van der Waals surface area contributed by atoms with E-state index in [1.54, 1.807) is 6.08 Å². The quantitative estimate of drug-likeness (QED) is 0.594. The van der Waals surface area contributed by atoms with E-state index in [9.17, 15) is 15.0 Å². The van der Waals surface area contributed by atoms with E-state index in [1.807, 2.05) is 13.0 Å². The second kappa shape index (κ2) is 6.95. The van der Waals surface area contributed by atoms with Gasteiger partial charge in [-0.25, -0.2) is 4.79 Å². The summed E-state index contributed by atoms with van der Waals surface area (Å²) in [5.74, 6) is -0.0921. The van der Waals surface area contributed by atoms with Crippen molar-refractivity contribution < 1.29 is 24.5 Å². The molecule has 0 radical (unpaired) electrons. The van der Waals surface area contributed by atoms with Crippen LogP contribution < -0.4 is 0 Å². The minimum Gasteiger partial charge on any atom is -0.428 e. The standard InChI is InChI=1S/C21H30O5/c1-13-5-8-16-20(2,10-9-17(23)21(16,3)12-22)15(13)7-6-14-11-18(25-4)26-19(14)24/h6-7,11,15-18,22-23H,1,5,8-10,12H2,2-4H3/b7-6+/t15-,16+,17-,18-,20+,21+/m1/s1. The fraction of sp³-hybridized carbons (Fsp3) is 0.667. The second-order valence-corrected chi connectivity index (χ2v) is 8.44. The summed E-state index contributed by atoms with van der Waals surface area (Å²) in [6.45, 7) is 8.49. The number of ether oxygens (including phenoxy) is 2. The lowest BCUT2D eigenvalue weighted by atomic mass is 9.46. The summed E-state index contributed by atoms with van der Waals surface area (Å²) in [7, 11) is 1.50. The van der Waals surface area contributed by atoms with Crippen LogP contribution in [0.15, 0.2) is 36.0 Å². The normalized spacial score (nSPS) is 43.3. The predicted molar refractivity (Wildman–Crippen MR) is 98.0 cm³/mol. The van der Waals surface area contributed by atoms with Crippen molar-refractivity contribution in [1.29, 1.82) is 0 Å². The van der Waals surface area contributed by atoms with E-state index in [1.165, 1.54) is 7.11 Å². The molecule has 2 saturated carbocycles. The maximum Gasteiger partial charge on any atom is 0.340 e. The van der Waals surface area contributed by atoms with Crippen LogP contribution in [0, 0.1) is 22.7 Å². The Kier molecular flexibility index (Phi) is 5.17. The van der Waals surface area contributed by atoms with Crippen molar-refractivity contribution in [1.82, 2.24) is 0 Å². The van der Waals surface area contributed by atoms with Crippen molar-refractivity contribution in [2.75, 3.05) is 13.7 Å². The summed E-state index contributed by atoms with van der Waals surface area (Å²) < 4.78 is 10.2. The van der Waals surface area contributed by atoms with Crippen LogP contribution in [0.4, 0.5) is 0 Å². The SMILES string of the molecule is C=C1CC[C@@H]2[C@](C)(CO)[C@H](O)CC[C@@]2(C)[C@@H]1/C=C/C1=C[C@H](OC)OC1=O.